The Kier molecular flexibility index (Phi) is 3.91. The molecule has 4 nitrogen and oxygen atoms in total. The van der Waals surface area contributed by atoms with E-state index in [1.54, 1.807) is 34.6 Å². The molecule has 6 heteroatoms. The van der Waals surface area contributed by atoms with E-state index in [1.165, 1.54) is 4.90 Å². The Morgan fingerprint density at radius 2 is 1.90 bits per heavy atom. The summed E-state index contributed by atoms with van der Waals surface area (Å²) in [6.45, 7) is 9.17. The first-order valence-electron chi connectivity index (χ1n) is 6.85. The quantitative estimate of drug-likeness (QED) is 0.790. The minimum absolute atomic E-state index is 0.0280. The summed E-state index contributed by atoms with van der Waals surface area (Å²) in [6.07, 6.45) is -3.01. The van der Waals surface area contributed by atoms with Crippen molar-refractivity contribution in [2.24, 2.45) is 0 Å². The lowest BCUT2D eigenvalue weighted by Crippen LogP contribution is -2.33. The Balaban J connectivity index is 2.27. The van der Waals surface area contributed by atoms with Gasteiger partial charge in [0.2, 0.25) is 0 Å². The van der Waals surface area contributed by atoms with Crippen LogP contribution in [0.2, 0.25) is 0 Å². The molecule has 1 amide bonds. The number of rotatable bonds is 1. The fourth-order valence-electron chi connectivity index (χ4n) is 2.53. The van der Waals surface area contributed by atoms with Crippen molar-refractivity contribution in [2.75, 3.05) is 0 Å². The molecule has 0 spiro atoms. The van der Waals surface area contributed by atoms with E-state index in [0.29, 0.717) is 29.1 Å². The molecule has 116 valence electrons. The minimum Gasteiger partial charge on any atom is -0.444 e. The third kappa shape index (κ3) is 3.14. The van der Waals surface area contributed by atoms with Crippen molar-refractivity contribution in [3.8, 4) is 0 Å². The van der Waals surface area contributed by atoms with E-state index in [2.05, 4.69) is 4.98 Å². The van der Waals surface area contributed by atoms with E-state index >= 15 is 0 Å². The zero-order chi connectivity index (χ0) is 15.9. The molecule has 0 N–H and O–H groups in total. The fraction of sp³-hybridized carbons (Fsp3) is 0.600. The van der Waals surface area contributed by atoms with Crippen LogP contribution in [0.15, 0.2) is 0 Å². The SMILES string of the molecule is Cc1nc2c(c(C)c1C(F)F)CN(C(=O)OC(C)(C)C)C2. The van der Waals surface area contributed by atoms with Gasteiger partial charge in [-0.05, 0) is 45.7 Å². The number of alkyl halides is 2. The monoisotopic (exact) mass is 298 g/mol. The molecule has 0 saturated carbocycles. The largest absolute Gasteiger partial charge is 0.444 e. The summed E-state index contributed by atoms with van der Waals surface area (Å²) in [6, 6.07) is 0. The molecule has 1 aliphatic heterocycles. The molecule has 21 heavy (non-hydrogen) atoms. The van der Waals surface area contributed by atoms with Gasteiger partial charge in [0, 0.05) is 11.3 Å². The molecule has 0 atom stereocenters. The summed E-state index contributed by atoms with van der Waals surface area (Å²) in [5.74, 6) is 0. The van der Waals surface area contributed by atoms with Crippen LogP contribution in [0.25, 0.3) is 0 Å². The lowest BCUT2D eigenvalue weighted by atomic mass is 10.0. The van der Waals surface area contributed by atoms with Crippen LogP contribution in [0.4, 0.5) is 13.6 Å². The molecule has 0 bridgehead atoms. The number of amides is 1. The van der Waals surface area contributed by atoms with Crippen molar-refractivity contribution in [3.05, 3.63) is 28.1 Å². The highest BCUT2D eigenvalue weighted by molar-refractivity contribution is 5.69. The van der Waals surface area contributed by atoms with Gasteiger partial charge in [0.25, 0.3) is 6.43 Å². The maximum atomic E-state index is 13.1. The molecule has 0 saturated heterocycles. The van der Waals surface area contributed by atoms with Crippen molar-refractivity contribution < 1.29 is 18.3 Å². The summed E-state index contributed by atoms with van der Waals surface area (Å²) >= 11 is 0. The van der Waals surface area contributed by atoms with Gasteiger partial charge in [-0.3, -0.25) is 9.88 Å². The van der Waals surface area contributed by atoms with Crippen molar-refractivity contribution in [1.29, 1.82) is 0 Å². The first-order chi connectivity index (χ1) is 9.60. The minimum atomic E-state index is -2.56. The van der Waals surface area contributed by atoms with E-state index in [9.17, 15) is 13.6 Å². The molecule has 1 aromatic rings. The van der Waals surface area contributed by atoms with E-state index in [0.717, 1.165) is 0 Å². The number of pyridine rings is 1. The smallest absolute Gasteiger partial charge is 0.410 e. The third-order valence-corrected chi connectivity index (χ3v) is 3.46. The Labute approximate surface area is 123 Å². The molecule has 0 aromatic carbocycles. The lowest BCUT2D eigenvalue weighted by Gasteiger charge is -2.24. The number of ether oxygens (including phenoxy) is 1. The van der Waals surface area contributed by atoms with E-state index in [-0.39, 0.29) is 12.1 Å². The standard InChI is InChI=1S/C15H20F2N2O2/c1-8-10-6-19(14(20)21-15(3,4)5)7-11(10)18-9(2)12(8)13(16)17/h13H,6-7H2,1-5H3. The number of carbonyl (C=O) groups excluding carboxylic acids is 1. The third-order valence-electron chi connectivity index (χ3n) is 3.46. The van der Waals surface area contributed by atoms with Crippen molar-refractivity contribution in [3.63, 3.8) is 0 Å². The molecule has 0 unspecified atom stereocenters. The summed E-state index contributed by atoms with van der Waals surface area (Å²) in [7, 11) is 0. The van der Waals surface area contributed by atoms with Crippen LogP contribution in [0.3, 0.4) is 0 Å². The highest BCUT2D eigenvalue weighted by Gasteiger charge is 2.32. The fourth-order valence-corrected chi connectivity index (χ4v) is 2.53. The van der Waals surface area contributed by atoms with Gasteiger partial charge in [0.05, 0.1) is 18.8 Å². The zero-order valence-electron chi connectivity index (χ0n) is 13.0. The predicted octanol–water partition coefficient (Wildman–Crippen LogP) is 3.89. The number of halogens is 2. The van der Waals surface area contributed by atoms with Crippen LogP contribution >= 0.6 is 0 Å². The second kappa shape index (κ2) is 5.24. The highest BCUT2D eigenvalue weighted by Crippen LogP contribution is 2.33. The number of aromatic nitrogens is 1. The second-order valence-electron chi connectivity index (χ2n) is 6.30. The number of fused-ring (bicyclic) bond motifs is 1. The van der Waals surface area contributed by atoms with Gasteiger partial charge < -0.3 is 4.74 Å². The maximum absolute atomic E-state index is 13.1. The van der Waals surface area contributed by atoms with Crippen molar-refractivity contribution >= 4 is 6.09 Å². The molecule has 0 radical (unpaired) electrons. The predicted molar refractivity (Wildman–Crippen MR) is 74.1 cm³/mol. The number of hydrogen-bond donors (Lipinski definition) is 0. The highest BCUT2D eigenvalue weighted by atomic mass is 19.3. The Bertz CT molecular complexity index is 580. The summed E-state index contributed by atoms with van der Waals surface area (Å²) in [4.78, 5) is 17.8. The number of hydrogen-bond acceptors (Lipinski definition) is 3. The van der Waals surface area contributed by atoms with E-state index in [1.807, 2.05) is 0 Å². The van der Waals surface area contributed by atoms with Gasteiger partial charge in [0.15, 0.2) is 0 Å². The molecule has 0 aliphatic carbocycles. The topological polar surface area (TPSA) is 42.4 Å². The summed E-state index contributed by atoms with van der Waals surface area (Å²) < 4.78 is 31.5. The van der Waals surface area contributed by atoms with Crippen LogP contribution in [-0.2, 0) is 17.8 Å². The number of nitrogens with zero attached hydrogens (tertiary/aromatic N) is 2. The van der Waals surface area contributed by atoms with Crippen LogP contribution in [-0.4, -0.2) is 21.6 Å². The molecule has 2 heterocycles. The maximum Gasteiger partial charge on any atom is 0.410 e. The number of carbonyl (C=O) groups is 1. The molecular weight excluding hydrogens is 278 g/mol. The molecule has 2 rings (SSSR count). The molecule has 0 fully saturated rings. The second-order valence-corrected chi connectivity index (χ2v) is 6.30. The summed E-state index contributed by atoms with van der Waals surface area (Å²) in [5, 5.41) is 0. The average Bonchev–Trinajstić information content (AvgIpc) is 2.70. The lowest BCUT2D eigenvalue weighted by molar-refractivity contribution is 0.0240. The normalized spacial score (nSPS) is 14.6. The Morgan fingerprint density at radius 3 is 2.43 bits per heavy atom. The average molecular weight is 298 g/mol. The molecule has 1 aromatic heterocycles. The van der Waals surface area contributed by atoms with Gasteiger partial charge >= 0.3 is 6.09 Å². The van der Waals surface area contributed by atoms with Gasteiger partial charge in [-0.2, -0.15) is 0 Å². The van der Waals surface area contributed by atoms with Crippen LogP contribution < -0.4 is 0 Å². The number of aryl methyl sites for hydroxylation is 1. The van der Waals surface area contributed by atoms with Gasteiger partial charge in [-0.25, -0.2) is 13.6 Å². The van der Waals surface area contributed by atoms with E-state index in [4.69, 9.17) is 4.74 Å². The Morgan fingerprint density at radius 1 is 1.29 bits per heavy atom. The van der Waals surface area contributed by atoms with Crippen LogP contribution in [0.1, 0.15) is 55.3 Å². The molecule has 1 aliphatic rings. The van der Waals surface area contributed by atoms with Crippen molar-refractivity contribution in [2.45, 2.75) is 59.7 Å². The first-order valence-corrected chi connectivity index (χ1v) is 6.85. The first kappa shape index (κ1) is 15.7. The van der Waals surface area contributed by atoms with E-state index < -0.39 is 18.1 Å². The summed E-state index contributed by atoms with van der Waals surface area (Å²) in [5.41, 5.74) is 1.63. The van der Waals surface area contributed by atoms with Crippen LogP contribution in [0.5, 0.6) is 0 Å². The van der Waals surface area contributed by atoms with Gasteiger partial charge in [0.1, 0.15) is 5.60 Å². The van der Waals surface area contributed by atoms with Crippen molar-refractivity contribution in [1.82, 2.24) is 9.88 Å². The van der Waals surface area contributed by atoms with Gasteiger partial charge in [-0.1, -0.05) is 0 Å². The van der Waals surface area contributed by atoms with Gasteiger partial charge in [-0.15, -0.1) is 0 Å². The molecular formula is C15H20F2N2O2. The Hall–Kier alpha value is -1.72. The van der Waals surface area contributed by atoms with Crippen LogP contribution in [0, 0.1) is 13.8 Å². The zero-order valence-corrected chi connectivity index (χ0v) is 13.0.